The molecule has 1 heterocycles. The van der Waals surface area contributed by atoms with Gasteiger partial charge in [0.2, 0.25) is 5.91 Å². The molecule has 10 heteroatoms. The van der Waals surface area contributed by atoms with Crippen molar-refractivity contribution in [2.45, 2.75) is 38.5 Å². The third kappa shape index (κ3) is 6.60. The number of ether oxygens (including phenoxy) is 2. The topological polar surface area (TPSA) is 130 Å². The van der Waals surface area contributed by atoms with Crippen LogP contribution in [-0.4, -0.2) is 35.7 Å². The minimum absolute atomic E-state index is 0.0494. The van der Waals surface area contributed by atoms with Crippen molar-refractivity contribution in [3.8, 4) is 11.5 Å². The van der Waals surface area contributed by atoms with Crippen LogP contribution in [0.25, 0.3) is 17.0 Å². The molecule has 2 aromatic carbocycles. The first-order valence-corrected chi connectivity index (χ1v) is 12.0. The lowest BCUT2D eigenvalue weighted by Gasteiger charge is -2.20. The molecule has 192 valence electrons. The number of methoxy groups -OCH3 is 1. The molecule has 10 nitrogen and oxygen atoms in total. The van der Waals surface area contributed by atoms with Gasteiger partial charge in [-0.05, 0) is 67.5 Å². The number of rotatable bonds is 10. The van der Waals surface area contributed by atoms with Crippen LogP contribution in [0.5, 0.6) is 11.5 Å². The first-order valence-electron chi connectivity index (χ1n) is 12.0. The summed E-state index contributed by atoms with van der Waals surface area (Å²) in [4.78, 5) is 44.0. The second-order valence-electron chi connectivity index (χ2n) is 8.50. The van der Waals surface area contributed by atoms with E-state index in [1.54, 1.807) is 24.3 Å². The fourth-order valence-corrected chi connectivity index (χ4v) is 4.25. The molecule has 37 heavy (non-hydrogen) atoms. The molecule has 0 fully saturated rings. The van der Waals surface area contributed by atoms with Crippen molar-refractivity contribution in [2.75, 3.05) is 19.0 Å². The number of fused-ring (bicyclic) bond motifs is 2. The molecule has 0 aliphatic heterocycles. The van der Waals surface area contributed by atoms with Crippen molar-refractivity contribution < 1.29 is 29.0 Å². The number of pyridine rings is 1. The predicted octanol–water partition coefficient (Wildman–Crippen LogP) is 4.67. The summed E-state index contributed by atoms with van der Waals surface area (Å²) in [5, 5.41) is 13.2. The summed E-state index contributed by atoms with van der Waals surface area (Å²) in [5.41, 5.74) is 4.50. The van der Waals surface area contributed by atoms with Gasteiger partial charge in [0.15, 0.2) is 11.5 Å². The van der Waals surface area contributed by atoms with Crippen molar-refractivity contribution >= 4 is 34.5 Å². The predicted molar refractivity (Wildman–Crippen MR) is 137 cm³/mol. The van der Waals surface area contributed by atoms with Gasteiger partial charge in [0.25, 0.3) is 5.09 Å². The number of carbonyl (C=O) groups is 2. The number of hydrogen-bond acceptors (Lipinski definition) is 8. The van der Waals surface area contributed by atoms with Gasteiger partial charge in [-0.2, -0.15) is 0 Å². The zero-order chi connectivity index (χ0) is 26.2. The summed E-state index contributed by atoms with van der Waals surface area (Å²) in [6, 6.07) is 12.7. The number of nitrogens with zero attached hydrogens (tertiary/aromatic N) is 2. The van der Waals surface area contributed by atoms with Crippen LogP contribution >= 0.6 is 0 Å². The average molecular weight is 506 g/mol. The fraction of sp³-hybridized carbons (Fsp3) is 0.296. The van der Waals surface area contributed by atoms with Gasteiger partial charge in [0, 0.05) is 23.6 Å². The smallest absolute Gasteiger partial charge is 0.311 e. The van der Waals surface area contributed by atoms with E-state index in [4.69, 9.17) is 14.5 Å². The van der Waals surface area contributed by atoms with Crippen molar-refractivity contribution in [3.63, 3.8) is 0 Å². The second kappa shape index (κ2) is 12.0. The molecule has 0 spiro atoms. The lowest BCUT2D eigenvalue weighted by Crippen LogP contribution is -2.15. The van der Waals surface area contributed by atoms with Crippen molar-refractivity contribution in [3.05, 3.63) is 75.5 Å². The molecule has 1 aliphatic carbocycles. The molecule has 0 atom stereocenters. The van der Waals surface area contributed by atoms with E-state index in [1.807, 2.05) is 24.3 Å². The highest BCUT2D eigenvalue weighted by molar-refractivity contribution is 6.08. The Labute approximate surface area is 213 Å². The van der Waals surface area contributed by atoms with Gasteiger partial charge in [0.05, 0.1) is 24.9 Å². The standard InChI is InChI=1S/C27H27N3O7/c1-35-24-17-18(12-14-23(24)37-26(32)11-6-16-36-30(33)34)13-15-25(31)29-27-19-7-2-4-9-21(19)28-22-10-5-3-8-20(22)27/h2,4,7,9,12-15,17H,3,5-6,8,10-11,16H2,1H3,(H,28,29,31)/b15-13+. The van der Waals surface area contributed by atoms with Crippen molar-refractivity contribution in [1.82, 2.24) is 4.98 Å². The summed E-state index contributed by atoms with van der Waals surface area (Å²) >= 11 is 0. The molecule has 1 aliphatic rings. The van der Waals surface area contributed by atoms with Gasteiger partial charge in [-0.15, -0.1) is 10.1 Å². The molecular formula is C27H27N3O7. The summed E-state index contributed by atoms with van der Waals surface area (Å²) in [7, 11) is 1.44. The van der Waals surface area contributed by atoms with E-state index in [0.717, 1.165) is 53.5 Å². The number of aromatic nitrogens is 1. The SMILES string of the molecule is COc1cc(/C=C/C(=O)Nc2c3c(nc4ccccc24)CCCC3)ccc1OC(=O)CCCO[N+](=O)[O-]. The maximum Gasteiger partial charge on any atom is 0.311 e. The third-order valence-electron chi connectivity index (χ3n) is 5.98. The van der Waals surface area contributed by atoms with E-state index in [1.165, 1.54) is 13.2 Å². The Balaban J connectivity index is 1.44. The fourth-order valence-electron chi connectivity index (χ4n) is 4.25. The van der Waals surface area contributed by atoms with Gasteiger partial charge in [-0.25, -0.2) is 0 Å². The molecule has 3 aromatic rings. The van der Waals surface area contributed by atoms with Crippen LogP contribution in [0.2, 0.25) is 0 Å². The van der Waals surface area contributed by atoms with Crippen molar-refractivity contribution in [1.29, 1.82) is 0 Å². The second-order valence-corrected chi connectivity index (χ2v) is 8.50. The highest BCUT2D eigenvalue weighted by Gasteiger charge is 2.19. The van der Waals surface area contributed by atoms with E-state index in [9.17, 15) is 19.7 Å². The largest absolute Gasteiger partial charge is 0.493 e. The molecule has 0 bridgehead atoms. The van der Waals surface area contributed by atoms with Crippen molar-refractivity contribution in [2.24, 2.45) is 0 Å². The van der Waals surface area contributed by atoms with Crippen LogP contribution in [0.4, 0.5) is 5.69 Å². The maximum absolute atomic E-state index is 12.9. The quantitative estimate of drug-likeness (QED) is 0.105. The molecule has 1 amide bonds. The van der Waals surface area contributed by atoms with Gasteiger partial charge >= 0.3 is 5.97 Å². The summed E-state index contributed by atoms with van der Waals surface area (Å²) in [5.74, 6) is -0.317. The zero-order valence-corrected chi connectivity index (χ0v) is 20.4. The van der Waals surface area contributed by atoms with Crippen LogP contribution in [0.3, 0.4) is 0 Å². The summed E-state index contributed by atoms with van der Waals surface area (Å²) in [6.07, 6.45) is 7.13. The summed E-state index contributed by atoms with van der Waals surface area (Å²) in [6.45, 7) is -0.191. The zero-order valence-electron chi connectivity index (χ0n) is 20.4. The first kappa shape index (κ1) is 25.6. The van der Waals surface area contributed by atoms with Crippen LogP contribution in [0.1, 0.15) is 42.5 Å². The highest BCUT2D eigenvalue weighted by Crippen LogP contribution is 2.33. The average Bonchev–Trinajstić information content (AvgIpc) is 2.90. The number of para-hydroxylation sites is 1. The van der Waals surface area contributed by atoms with Crippen LogP contribution < -0.4 is 14.8 Å². The Kier molecular flexibility index (Phi) is 8.29. The third-order valence-corrected chi connectivity index (χ3v) is 5.98. The van der Waals surface area contributed by atoms with Gasteiger partial charge < -0.3 is 19.6 Å². The molecule has 0 unspecified atom stereocenters. The molecule has 0 radical (unpaired) electrons. The molecular weight excluding hydrogens is 478 g/mol. The lowest BCUT2D eigenvalue weighted by atomic mass is 9.92. The van der Waals surface area contributed by atoms with Gasteiger partial charge in [-0.1, -0.05) is 24.3 Å². The van der Waals surface area contributed by atoms with E-state index < -0.39 is 11.1 Å². The van der Waals surface area contributed by atoms with Crippen LogP contribution in [0, 0.1) is 10.1 Å². The molecule has 1 aromatic heterocycles. The van der Waals surface area contributed by atoms with Gasteiger partial charge in [-0.3, -0.25) is 14.6 Å². The minimum Gasteiger partial charge on any atom is -0.493 e. The van der Waals surface area contributed by atoms with Crippen LogP contribution in [-0.2, 0) is 27.3 Å². The molecule has 0 saturated carbocycles. The number of benzene rings is 2. The van der Waals surface area contributed by atoms with E-state index in [0.29, 0.717) is 11.3 Å². The number of nitrogens with one attached hydrogen (secondary N) is 1. The van der Waals surface area contributed by atoms with E-state index >= 15 is 0 Å². The van der Waals surface area contributed by atoms with E-state index in [2.05, 4.69) is 10.2 Å². The number of carbonyl (C=O) groups excluding carboxylic acids is 2. The Morgan fingerprint density at radius 2 is 1.95 bits per heavy atom. The maximum atomic E-state index is 12.9. The Hall–Kier alpha value is -4.47. The van der Waals surface area contributed by atoms with Gasteiger partial charge in [0.1, 0.15) is 0 Å². The number of aryl methyl sites for hydroxylation is 1. The van der Waals surface area contributed by atoms with Crippen LogP contribution in [0.15, 0.2) is 48.5 Å². The Bertz CT molecular complexity index is 1350. The summed E-state index contributed by atoms with van der Waals surface area (Å²) < 4.78 is 10.6. The number of amides is 1. The van der Waals surface area contributed by atoms with E-state index in [-0.39, 0.29) is 31.1 Å². The number of hydrogen-bond donors (Lipinski definition) is 1. The monoisotopic (exact) mass is 505 g/mol. The Morgan fingerprint density at radius 3 is 2.76 bits per heavy atom. The normalized spacial score (nSPS) is 12.7. The minimum atomic E-state index is -0.909. The molecule has 0 saturated heterocycles. The molecule has 1 N–H and O–H groups in total. The number of anilines is 1. The Morgan fingerprint density at radius 1 is 1.14 bits per heavy atom. The highest BCUT2D eigenvalue weighted by atomic mass is 16.9. The number of esters is 1. The molecule has 4 rings (SSSR count). The lowest BCUT2D eigenvalue weighted by molar-refractivity contribution is -0.757. The first-order chi connectivity index (χ1) is 17.9.